The summed E-state index contributed by atoms with van der Waals surface area (Å²) in [5.41, 5.74) is 2.42. The number of halogens is 2. The Morgan fingerprint density at radius 1 is 1.17 bits per heavy atom. The van der Waals surface area contributed by atoms with Gasteiger partial charge in [0.25, 0.3) is 0 Å². The first-order valence-electron chi connectivity index (χ1n) is 7.57. The van der Waals surface area contributed by atoms with Crippen LogP contribution in [-0.4, -0.2) is 18.4 Å². The Morgan fingerprint density at radius 2 is 1.88 bits per heavy atom. The molecule has 0 radical (unpaired) electrons. The van der Waals surface area contributed by atoms with Crippen molar-refractivity contribution in [2.24, 2.45) is 5.92 Å². The van der Waals surface area contributed by atoms with Crippen LogP contribution in [0.25, 0.3) is 0 Å². The minimum atomic E-state index is -0.412. The Hall–Kier alpha value is -2.04. The van der Waals surface area contributed by atoms with Crippen molar-refractivity contribution in [2.45, 2.75) is 13.3 Å². The van der Waals surface area contributed by atoms with Crippen LogP contribution < -0.4 is 10.2 Å². The van der Waals surface area contributed by atoms with E-state index < -0.39 is 5.92 Å². The topological polar surface area (TPSA) is 49.4 Å². The third-order valence-corrected chi connectivity index (χ3v) is 4.55. The fraction of sp³-hybridized carbons (Fsp3) is 0.222. The minimum absolute atomic E-state index is 0.122. The van der Waals surface area contributed by atoms with E-state index in [1.807, 2.05) is 31.2 Å². The first-order valence-corrected chi connectivity index (χ1v) is 8.32. The summed E-state index contributed by atoms with van der Waals surface area (Å²) in [7, 11) is 0. The van der Waals surface area contributed by atoms with E-state index in [9.17, 15) is 9.59 Å². The molecule has 1 aliphatic rings. The van der Waals surface area contributed by atoms with Crippen molar-refractivity contribution in [1.29, 1.82) is 0 Å². The van der Waals surface area contributed by atoms with Gasteiger partial charge >= 0.3 is 0 Å². The first kappa shape index (κ1) is 16.8. The zero-order chi connectivity index (χ0) is 17.3. The number of amides is 2. The van der Waals surface area contributed by atoms with Crippen molar-refractivity contribution in [3.05, 3.63) is 58.1 Å². The highest BCUT2D eigenvalue weighted by Gasteiger charge is 2.35. The van der Waals surface area contributed by atoms with Gasteiger partial charge in [0.1, 0.15) is 0 Å². The Balaban J connectivity index is 1.72. The van der Waals surface area contributed by atoms with E-state index in [0.29, 0.717) is 22.3 Å². The van der Waals surface area contributed by atoms with Crippen molar-refractivity contribution in [1.82, 2.24) is 0 Å². The molecular weight excluding hydrogens is 347 g/mol. The van der Waals surface area contributed by atoms with Gasteiger partial charge in [-0.05, 0) is 37.3 Å². The zero-order valence-corrected chi connectivity index (χ0v) is 14.6. The lowest BCUT2D eigenvalue weighted by atomic mass is 10.1. The smallest absolute Gasteiger partial charge is 0.229 e. The van der Waals surface area contributed by atoms with Crippen LogP contribution in [0.15, 0.2) is 42.5 Å². The molecule has 1 atom stereocenters. The number of nitrogens with one attached hydrogen (secondary N) is 1. The number of carbonyl (C=O) groups excluding carboxylic acids is 2. The predicted molar refractivity (Wildman–Crippen MR) is 96.7 cm³/mol. The molecule has 3 rings (SSSR count). The van der Waals surface area contributed by atoms with Crippen molar-refractivity contribution in [3.63, 3.8) is 0 Å². The summed E-state index contributed by atoms with van der Waals surface area (Å²) < 4.78 is 0. The fourth-order valence-electron chi connectivity index (χ4n) is 2.70. The molecular formula is C18H16Cl2N2O2. The predicted octanol–water partition coefficient (Wildman–Crippen LogP) is 4.29. The van der Waals surface area contributed by atoms with Crippen LogP contribution in [0.3, 0.4) is 0 Å². The van der Waals surface area contributed by atoms with Crippen LogP contribution in [0.5, 0.6) is 0 Å². The van der Waals surface area contributed by atoms with E-state index in [1.165, 1.54) is 4.90 Å². The Kier molecular flexibility index (Phi) is 4.78. The summed E-state index contributed by atoms with van der Waals surface area (Å²) in [6.45, 7) is 2.28. The second kappa shape index (κ2) is 6.83. The lowest BCUT2D eigenvalue weighted by Gasteiger charge is -2.18. The second-order valence-corrected chi connectivity index (χ2v) is 6.70. The molecule has 1 fully saturated rings. The molecule has 1 heterocycles. The van der Waals surface area contributed by atoms with Crippen LogP contribution in [0.2, 0.25) is 10.0 Å². The maximum absolute atomic E-state index is 12.4. The number of aryl methyl sites for hydroxylation is 1. The Morgan fingerprint density at radius 3 is 2.54 bits per heavy atom. The highest BCUT2D eigenvalue weighted by atomic mass is 35.5. The molecule has 0 bridgehead atoms. The van der Waals surface area contributed by atoms with Gasteiger partial charge in [0.2, 0.25) is 11.8 Å². The van der Waals surface area contributed by atoms with Gasteiger partial charge in [-0.2, -0.15) is 0 Å². The molecule has 0 saturated carbocycles. The zero-order valence-electron chi connectivity index (χ0n) is 13.1. The molecule has 124 valence electrons. The molecule has 1 unspecified atom stereocenters. The third-order valence-electron chi connectivity index (χ3n) is 4.02. The van der Waals surface area contributed by atoms with E-state index >= 15 is 0 Å². The maximum Gasteiger partial charge on any atom is 0.229 e. The van der Waals surface area contributed by atoms with Crippen LogP contribution >= 0.6 is 23.2 Å². The summed E-state index contributed by atoms with van der Waals surface area (Å²) in [4.78, 5) is 26.2. The van der Waals surface area contributed by atoms with E-state index in [1.54, 1.807) is 18.2 Å². The molecule has 1 aliphatic heterocycles. The number of hydrogen-bond acceptors (Lipinski definition) is 2. The molecule has 0 aromatic heterocycles. The first-order chi connectivity index (χ1) is 11.4. The van der Waals surface area contributed by atoms with Gasteiger partial charge in [-0.25, -0.2) is 0 Å². The Labute approximate surface area is 150 Å². The number of nitrogens with zero attached hydrogens (tertiary/aromatic N) is 1. The highest BCUT2D eigenvalue weighted by molar-refractivity contribution is 6.36. The quantitative estimate of drug-likeness (QED) is 0.884. The molecule has 2 aromatic carbocycles. The molecule has 2 amide bonds. The SMILES string of the molecule is Cc1ccc(NC(=O)C2CC(=O)N(c3ccc(Cl)cc3Cl)C2)cc1. The van der Waals surface area contributed by atoms with E-state index in [2.05, 4.69) is 5.32 Å². The van der Waals surface area contributed by atoms with Crippen molar-refractivity contribution >= 4 is 46.4 Å². The second-order valence-electron chi connectivity index (χ2n) is 5.86. The number of carbonyl (C=O) groups is 2. The van der Waals surface area contributed by atoms with Gasteiger partial charge in [-0.3, -0.25) is 9.59 Å². The summed E-state index contributed by atoms with van der Waals surface area (Å²) in [5, 5.41) is 3.76. The number of anilines is 2. The van der Waals surface area contributed by atoms with Crippen LogP contribution in [0.1, 0.15) is 12.0 Å². The minimum Gasteiger partial charge on any atom is -0.326 e. The summed E-state index contributed by atoms with van der Waals surface area (Å²) in [5.74, 6) is -0.700. The van der Waals surface area contributed by atoms with Gasteiger partial charge in [0.15, 0.2) is 0 Å². The molecule has 2 aromatic rings. The Bertz CT molecular complexity index is 790. The normalized spacial score (nSPS) is 17.2. The van der Waals surface area contributed by atoms with Crippen molar-refractivity contribution in [3.8, 4) is 0 Å². The van der Waals surface area contributed by atoms with Gasteiger partial charge in [-0.15, -0.1) is 0 Å². The molecule has 0 aliphatic carbocycles. The van der Waals surface area contributed by atoms with E-state index in [4.69, 9.17) is 23.2 Å². The van der Waals surface area contributed by atoms with Crippen molar-refractivity contribution < 1.29 is 9.59 Å². The number of rotatable bonds is 3. The van der Waals surface area contributed by atoms with Crippen LogP contribution in [0.4, 0.5) is 11.4 Å². The molecule has 1 saturated heterocycles. The average Bonchev–Trinajstić information content (AvgIpc) is 2.91. The molecule has 6 heteroatoms. The fourth-order valence-corrected chi connectivity index (χ4v) is 3.21. The van der Waals surface area contributed by atoms with Gasteiger partial charge in [0.05, 0.1) is 16.6 Å². The van der Waals surface area contributed by atoms with Gasteiger partial charge < -0.3 is 10.2 Å². The van der Waals surface area contributed by atoms with Crippen LogP contribution in [0, 0.1) is 12.8 Å². The van der Waals surface area contributed by atoms with Crippen molar-refractivity contribution in [2.75, 3.05) is 16.8 Å². The van der Waals surface area contributed by atoms with Gasteiger partial charge in [-0.1, -0.05) is 40.9 Å². The monoisotopic (exact) mass is 362 g/mol. The van der Waals surface area contributed by atoms with Crippen LogP contribution in [-0.2, 0) is 9.59 Å². The van der Waals surface area contributed by atoms with Gasteiger partial charge in [0, 0.05) is 23.7 Å². The maximum atomic E-state index is 12.4. The molecule has 4 nitrogen and oxygen atoms in total. The highest BCUT2D eigenvalue weighted by Crippen LogP contribution is 2.33. The lowest BCUT2D eigenvalue weighted by molar-refractivity contribution is -0.122. The average molecular weight is 363 g/mol. The summed E-state index contributed by atoms with van der Waals surface area (Å²) in [6.07, 6.45) is 0.163. The third kappa shape index (κ3) is 3.55. The molecule has 0 spiro atoms. The van der Waals surface area contributed by atoms with E-state index in [-0.39, 0.29) is 18.2 Å². The summed E-state index contributed by atoms with van der Waals surface area (Å²) >= 11 is 12.1. The van der Waals surface area contributed by atoms with E-state index in [0.717, 1.165) is 11.3 Å². The standard InChI is InChI=1S/C18H16Cl2N2O2/c1-11-2-5-14(6-3-11)21-18(24)12-8-17(23)22(10-12)16-7-4-13(19)9-15(16)20/h2-7,9,12H,8,10H2,1H3,(H,21,24). The molecule has 1 N–H and O–H groups in total. The largest absolute Gasteiger partial charge is 0.326 e. The number of benzene rings is 2. The summed E-state index contributed by atoms with van der Waals surface area (Å²) in [6, 6.07) is 12.5. The lowest BCUT2D eigenvalue weighted by Crippen LogP contribution is -2.28. The molecule has 24 heavy (non-hydrogen) atoms. The number of hydrogen-bond donors (Lipinski definition) is 1.